The van der Waals surface area contributed by atoms with Gasteiger partial charge in [-0.05, 0) is 43.4 Å². The van der Waals surface area contributed by atoms with Gasteiger partial charge in [-0.3, -0.25) is 14.4 Å². The molecule has 0 spiro atoms. The number of nitrogens with zero attached hydrogens (tertiary/aromatic N) is 1. The number of benzene rings is 1. The van der Waals surface area contributed by atoms with Crippen LogP contribution in [0.4, 0.5) is 4.39 Å². The Bertz CT molecular complexity index is 707. The van der Waals surface area contributed by atoms with Crippen molar-refractivity contribution < 1.29 is 23.5 Å². The molecule has 2 amide bonds. The van der Waals surface area contributed by atoms with Gasteiger partial charge >= 0.3 is 5.97 Å². The van der Waals surface area contributed by atoms with E-state index in [0.29, 0.717) is 38.8 Å². The Morgan fingerprint density at radius 2 is 1.81 bits per heavy atom. The molecule has 3 rings (SSSR count). The van der Waals surface area contributed by atoms with Gasteiger partial charge in [0, 0.05) is 26.1 Å². The third kappa shape index (κ3) is 4.28. The van der Waals surface area contributed by atoms with Crippen molar-refractivity contribution in [2.24, 2.45) is 0 Å². The maximum absolute atomic E-state index is 13.2. The molecule has 1 aromatic carbocycles. The first-order chi connectivity index (χ1) is 12.9. The van der Waals surface area contributed by atoms with E-state index in [1.54, 1.807) is 17.0 Å². The van der Waals surface area contributed by atoms with Gasteiger partial charge in [-0.1, -0.05) is 18.6 Å². The summed E-state index contributed by atoms with van der Waals surface area (Å²) < 4.78 is 18.4. The largest absolute Gasteiger partial charge is 0.455 e. The molecule has 7 heteroatoms. The second-order valence-electron chi connectivity index (χ2n) is 7.37. The van der Waals surface area contributed by atoms with Gasteiger partial charge in [0.1, 0.15) is 5.82 Å². The Morgan fingerprint density at radius 1 is 1.19 bits per heavy atom. The number of hydrogen-bond acceptors (Lipinski definition) is 4. The van der Waals surface area contributed by atoms with E-state index >= 15 is 0 Å². The zero-order valence-corrected chi connectivity index (χ0v) is 15.5. The molecule has 1 N–H and O–H groups in total. The number of amides is 2. The Hall–Kier alpha value is -2.44. The molecule has 1 aromatic rings. The van der Waals surface area contributed by atoms with Crippen LogP contribution < -0.4 is 5.32 Å². The summed E-state index contributed by atoms with van der Waals surface area (Å²) in [5.74, 6) is -1.07. The third-order valence-electron chi connectivity index (χ3n) is 5.63. The van der Waals surface area contributed by atoms with Gasteiger partial charge in [0.05, 0.1) is 5.41 Å². The summed E-state index contributed by atoms with van der Waals surface area (Å²) in [4.78, 5) is 37.8. The maximum atomic E-state index is 13.2. The number of carbonyl (C=O) groups excluding carboxylic acids is 3. The molecule has 0 bridgehead atoms. The molecule has 1 heterocycles. The van der Waals surface area contributed by atoms with E-state index in [9.17, 15) is 18.8 Å². The molecule has 2 fully saturated rings. The Labute approximate surface area is 158 Å². The molecule has 27 heavy (non-hydrogen) atoms. The number of halogens is 1. The van der Waals surface area contributed by atoms with Crippen LogP contribution in [-0.2, 0) is 24.5 Å². The molecular formula is C20H25FN2O4. The highest BCUT2D eigenvalue weighted by atomic mass is 19.1. The third-order valence-corrected chi connectivity index (χ3v) is 5.63. The normalized spacial score (nSPS) is 19.1. The van der Waals surface area contributed by atoms with Crippen LogP contribution in [0.15, 0.2) is 24.3 Å². The van der Waals surface area contributed by atoms with Crippen LogP contribution in [0.2, 0.25) is 0 Å². The summed E-state index contributed by atoms with van der Waals surface area (Å²) in [6.45, 7) is 2.45. The van der Waals surface area contributed by atoms with E-state index in [-0.39, 0.29) is 30.3 Å². The summed E-state index contributed by atoms with van der Waals surface area (Å²) in [5, 5.41) is 2.86. The highest BCUT2D eigenvalue weighted by molar-refractivity contribution is 5.87. The van der Waals surface area contributed by atoms with Crippen LogP contribution in [0, 0.1) is 5.82 Å². The van der Waals surface area contributed by atoms with E-state index < -0.39 is 11.4 Å². The zero-order chi connectivity index (χ0) is 19.4. The fraction of sp³-hybridized carbons (Fsp3) is 0.550. The van der Waals surface area contributed by atoms with E-state index in [0.717, 1.165) is 12.0 Å². The van der Waals surface area contributed by atoms with Crippen LogP contribution in [0.3, 0.4) is 0 Å². The van der Waals surface area contributed by atoms with Gasteiger partial charge in [0.25, 0.3) is 5.91 Å². The monoisotopic (exact) mass is 376 g/mol. The van der Waals surface area contributed by atoms with Gasteiger partial charge in [0.2, 0.25) is 5.91 Å². The van der Waals surface area contributed by atoms with Gasteiger partial charge in [-0.15, -0.1) is 0 Å². The topological polar surface area (TPSA) is 75.7 Å². The number of hydrogen-bond donors (Lipinski definition) is 1. The minimum Gasteiger partial charge on any atom is -0.455 e. The smallest absolute Gasteiger partial charge is 0.317 e. The molecule has 1 saturated carbocycles. The predicted octanol–water partition coefficient (Wildman–Crippen LogP) is 1.92. The van der Waals surface area contributed by atoms with Gasteiger partial charge in [0.15, 0.2) is 6.61 Å². The molecule has 0 aromatic heterocycles. The molecule has 0 atom stereocenters. The number of rotatable bonds is 5. The number of esters is 1. The fourth-order valence-corrected chi connectivity index (χ4v) is 3.79. The minimum atomic E-state index is -0.763. The fourth-order valence-electron chi connectivity index (χ4n) is 3.79. The molecule has 6 nitrogen and oxygen atoms in total. The van der Waals surface area contributed by atoms with Crippen molar-refractivity contribution in [2.45, 2.75) is 50.5 Å². The molecular weight excluding hydrogens is 351 g/mol. The summed E-state index contributed by atoms with van der Waals surface area (Å²) in [5.41, 5.74) is -0.0296. The highest BCUT2D eigenvalue weighted by Crippen LogP contribution is 2.44. The number of nitrogens with one attached hydrogen (secondary N) is 1. The lowest BCUT2D eigenvalue weighted by atomic mass is 9.64. The summed E-state index contributed by atoms with van der Waals surface area (Å²) in [6.07, 6.45) is 3.57. The first-order valence-corrected chi connectivity index (χ1v) is 9.39. The number of ether oxygens (including phenoxy) is 1. The SMILES string of the molecule is CC(=O)N1CCC(NC(=O)COC(=O)C2(c3ccc(F)cc3)CCC2)CC1. The predicted molar refractivity (Wildman–Crippen MR) is 96.3 cm³/mol. The van der Waals surface area contributed by atoms with Crippen molar-refractivity contribution >= 4 is 17.8 Å². The number of carbonyl (C=O) groups is 3. The first-order valence-electron chi connectivity index (χ1n) is 9.39. The van der Waals surface area contributed by atoms with Crippen molar-refractivity contribution in [1.82, 2.24) is 10.2 Å². The Balaban J connectivity index is 1.49. The van der Waals surface area contributed by atoms with Crippen LogP contribution in [0.1, 0.15) is 44.6 Å². The van der Waals surface area contributed by atoms with Crippen molar-refractivity contribution in [1.29, 1.82) is 0 Å². The van der Waals surface area contributed by atoms with Crippen molar-refractivity contribution in [3.05, 3.63) is 35.6 Å². The molecule has 1 aliphatic carbocycles. The lowest BCUT2D eigenvalue weighted by molar-refractivity contribution is -0.158. The highest BCUT2D eigenvalue weighted by Gasteiger charge is 2.47. The van der Waals surface area contributed by atoms with E-state index in [4.69, 9.17) is 4.74 Å². The molecule has 1 aliphatic heterocycles. The van der Waals surface area contributed by atoms with Crippen molar-refractivity contribution in [3.8, 4) is 0 Å². The quantitative estimate of drug-likeness (QED) is 0.797. The van der Waals surface area contributed by atoms with Crippen molar-refractivity contribution in [3.63, 3.8) is 0 Å². The Morgan fingerprint density at radius 3 is 2.33 bits per heavy atom. The summed E-state index contributed by atoms with van der Waals surface area (Å²) >= 11 is 0. The second-order valence-corrected chi connectivity index (χ2v) is 7.37. The van der Waals surface area contributed by atoms with E-state index in [2.05, 4.69) is 5.32 Å². The molecule has 146 valence electrons. The van der Waals surface area contributed by atoms with Gasteiger partial charge in [-0.2, -0.15) is 0 Å². The first kappa shape index (κ1) is 19.3. The van der Waals surface area contributed by atoms with Gasteiger partial charge < -0.3 is 15.0 Å². The number of likely N-dealkylation sites (tertiary alicyclic amines) is 1. The summed E-state index contributed by atoms with van der Waals surface area (Å²) in [6, 6.07) is 5.88. The maximum Gasteiger partial charge on any atom is 0.317 e. The number of piperidine rings is 1. The average Bonchev–Trinajstić information content (AvgIpc) is 2.61. The lowest BCUT2D eigenvalue weighted by Gasteiger charge is -2.39. The minimum absolute atomic E-state index is 0.0124. The standard InChI is InChI=1S/C20H25FN2O4/c1-14(24)23-11-7-17(8-12-23)22-18(25)13-27-19(26)20(9-2-10-20)15-3-5-16(21)6-4-15/h3-6,17H,2,7-13H2,1H3,(H,22,25). The van der Waals surface area contributed by atoms with E-state index in [1.165, 1.54) is 19.1 Å². The van der Waals surface area contributed by atoms with Crippen molar-refractivity contribution in [2.75, 3.05) is 19.7 Å². The second kappa shape index (κ2) is 8.06. The van der Waals surface area contributed by atoms with E-state index in [1.807, 2.05) is 0 Å². The molecule has 1 saturated heterocycles. The molecule has 0 unspecified atom stereocenters. The lowest BCUT2D eigenvalue weighted by Crippen LogP contribution is -2.48. The van der Waals surface area contributed by atoms with Crippen LogP contribution in [-0.4, -0.2) is 48.4 Å². The van der Waals surface area contributed by atoms with Gasteiger partial charge in [-0.25, -0.2) is 4.39 Å². The summed E-state index contributed by atoms with van der Waals surface area (Å²) in [7, 11) is 0. The van der Waals surface area contributed by atoms with Crippen LogP contribution >= 0.6 is 0 Å². The zero-order valence-electron chi connectivity index (χ0n) is 15.5. The van der Waals surface area contributed by atoms with Crippen LogP contribution in [0.5, 0.6) is 0 Å². The average molecular weight is 376 g/mol. The van der Waals surface area contributed by atoms with Crippen LogP contribution in [0.25, 0.3) is 0 Å². The Kier molecular flexibility index (Phi) is 5.77. The molecule has 2 aliphatic rings. The molecule has 0 radical (unpaired) electrons.